The predicted molar refractivity (Wildman–Crippen MR) is 118 cm³/mol. The lowest BCUT2D eigenvalue weighted by Crippen LogP contribution is -2.41. The quantitative estimate of drug-likeness (QED) is 0.688. The largest absolute Gasteiger partial charge is 0.348 e. The molecule has 0 spiro atoms. The standard InChI is InChI=1S/C21H28N2O3S2/c1-14-10-16(3)20(11-15(14)2)17(4)22-21(24)13-23(28(6,25)26)18-8-7-9-19(12-18)27-5/h7-12,17H,13H2,1-6H3,(H,22,24)/t17-/m1/s1. The molecular weight excluding hydrogens is 392 g/mol. The normalized spacial score (nSPS) is 12.5. The lowest BCUT2D eigenvalue weighted by atomic mass is 9.96. The van der Waals surface area contributed by atoms with Crippen LogP contribution in [0, 0.1) is 20.8 Å². The Bertz CT molecular complexity index is 972. The first-order valence-electron chi connectivity index (χ1n) is 9.01. The number of rotatable bonds is 7. The number of nitrogens with one attached hydrogen (secondary N) is 1. The van der Waals surface area contributed by atoms with Crippen molar-refractivity contribution in [3.05, 3.63) is 58.7 Å². The van der Waals surface area contributed by atoms with Crippen molar-refractivity contribution in [1.29, 1.82) is 0 Å². The Morgan fingerprint density at radius 3 is 2.36 bits per heavy atom. The van der Waals surface area contributed by atoms with Crippen LogP contribution >= 0.6 is 11.8 Å². The smallest absolute Gasteiger partial charge is 0.241 e. The summed E-state index contributed by atoms with van der Waals surface area (Å²) < 4.78 is 25.7. The Morgan fingerprint density at radius 1 is 1.11 bits per heavy atom. The molecule has 0 aliphatic rings. The number of aryl methyl sites for hydroxylation is 3. The molecule has 0 aliphatic carbocycles. The highest BCUT2D eigenvalue weighted by Crippen LogP contribution is 2.25. The van der Waals surface area contributed by atoms with E-state index >= 15 is 0 Å². The van der Waals surface area contributed by atoms with Gasteiger partial charge in [0.1, 0.15) is 6.54 Å². The molecule has 152 valence electrons. The van der Waals surface area contributed by atoms with Crippen LogP contribution in [0.5, 0.6) is 0 Å². The van der Waals surface area contributed by atoms with Gasteiger partial charge in [0.05, 0.1) is 18.0 Å². The van der Waals surface area contributed by atoms with Crippen LogP contribution in [0.25, 0.3) is 0 Å². The maximum absolute atomic E-state index is 12.7. The molecular formula is C21H28N2O3S2. The lowest BCUT2D eigenvalue weighted by Gasteiger charge is -2.24. The minimum atomic E-state index is -3.60. The summed E-state index contributed by atoms with van der Waals surface area (Å²) in [5.41, 5.74) is 4.99. The number of hydrogen-bond donors (Lipinski definition) is 1. The second-order valence-electron chi connectivity index (χ2n) is 7.05. The molecule has 1 N–H and O–H groups in total. The summed E-state index contributed by atoms with van der Waals surface area (Å²) in [6, 6.07) is 11.1. The van der Waals surface area contributed by atoms with Gasteiger partial charge in [0, 0.05) is 4.90 Å². The topological polar surface area (TPSA) is 66.5 Å². The third kappa shape index (κ3) is 5.52. The van der Waals surface area contributed by atoms with Crippen LogP contribution in [0.1, 0.15) is 35.2 Å². The van der Waals surface area contributed by atoms with Gasteiger partial charge in [0.15, 0.2) is 0 Å². The number of carbonyl (C=O) groups excluding carboxylic acids is 1. The molecule has 28 heavy (non-hydrogen) atoms. The molecule has 2 aromatic rings. The number of carbonyl (C=O) groups is 1. The summed E-state index contributed by atoms with van der Waals surface area (Å²) in [5, 5.41) is 2.93. The molecule has 0 aromatic heterocycles. The first-order chi connectivity index (χ1) is 13.0. The van der Waals surface area contributed by atoms with Crippen LogP contribution in [-0.2, 0) is 14.8 Å². The molecule has 1 atom stereocenters. The minimum Gasteiger partial charge on any atom is -0.348 e. The zero-order chi connectivity index (χ0) is 21.1. The number of thioether (sulfide) groups is 1. The van der Waals surface area contributed by atoms with E-state index in [-0.39, 0.29) is 18.5 Å². The Labute approximate surface area is 172 Å². The fourth-order valence-corrected chi connectivity index (χ4v) is 4.41. The highest BCUT2D eigenvalue weighted by atomic mass is 32.2. The Hall–Kier alpha value is -1.99. The van der Waals surface area contributed by atoms with E-state index in [1.165, 1.54) is 17.3 Å². The molecule has 0 unspecified atom stereocenters. The van der Waals surface area contributed by atoms with E-state index in [0.717, 1.165) is 32.1 Å². The summed E-state index contributed by atoms with van der Waals surface area (Å²) in [5.74, 6) is -0.342. The third-order valence-electron chi connectivity index (χ3n) is 4.76. The Morgan fingerprint density at radius 2 is 1.75 bits per heavy atom. The van der Waals surface area contributed by atoms with Gasteiger partial charge in [-0.05, 0) is 74.4 Å². The molecule has 0 bridgehead atoms. The Balaban J connectivity index is 2.21. The minimum absolute atomic E-state index is 0.217. The number of hydrogen-bond acceptors (Lipinski definition) is 4. The van der Waals surface area contributed by atoms with E-state index in [2.05, 4.69) is 24.4 Å². The van der Waals surface area contributed by atoms with Gasteiger partial charge in [-0.15, -0.1) is 11.8 Å². The van der Waals surface area contributed by atoms with Crippen molar-refractivity contribution in [3.8, 4) is 0 Å². The molecule has 0 heterocycles. The van der Waals surface area contributed by atoms with Gasteiger partial charge in [0.25, 0.3) is 0 Å². The van der Waals surface area contributed by atoms with Gasteiger partial charge in [-0.1, -0.05) is 18.2 Å². The maximum Gasteiger partial charge on any atom is 0.241 e. The SMILES string of the molecule is CSc1cccc(N(CC(=O)N[C@H](C)c2cc(C)c(C)cc2C)S(C)(=O)=O)c1. The number of sulfonamides is 1. The molecule has 1 amide bonds. The first kappa shape index (κ1) is 22.3. The van der Waals surface area contributed by atoms with Crippen molar-refractivity contribution < 1.29 is 13.2 Å². The van der Waals surface area contributed by atoms with Crippen molar-refractivity contribution in [2.24, 2.45) is 0 Å². The van der Waals surface area contributed by atoms with E-state index in [9.17, 15) is 13.2 Å². The second-order valence-corrected chi connectivity index (χ2v) is 9.84. The molecule has 0 saturated heterocycles. The summed E-state index contributed by atoms with van der Waals surface area (Å²) >= 11 is 1.52. The highest BCUT2D eigenvalue weighted by Gasteiger charge is 2.22. The number of anilines is 1. The lowest BCUT2D eigenvalue weighted by molar-refractivity contribution is -0.120. The van der Waals surface area contributed by atoms with Gasteiger partial charge in [-0.3, -0.25) is 9.10 Å². The summed E-state index contributed by atoms with van der Waals surface area (Å²) in [4.78, 5) is 13.6. The maximum atomic E-state index is 12.7. The summed E-state index contributed by atoms with van der Waals surface area (Å²) in [6.45, 7) is 7.76. The number of amides is 1. The highest BCUT2D eigenvalue weighted by molar-refractivity contribution is 7.98. The van der Waals surface area contributed by atoms with E-state index in [0.29, 0.717) is 5.69 Å². The van der Waals surface area contributed by atoms with Gasteiger partial charge >= 0.3 is 0 Å². The fraction of sp³-hybridized carbons (Fsp3) is 0.381. The molecule has 2 aromatic carbocycles. The van der Waals surface area contributed by atoms with Crippen molar-refractivity contribution in [1.82, 2.24) is 5.32 Å². The average molecular weight is 421 g/mol. The zero-order valence-corrected chi connectivity index (χ0v) is 18.9. The predicted octanol–water partition coefficient (Wildman–Crippen LogP) is 3.98. The van der Waals surface area contributed by atoms with Crippen molar-refractivity contribution in [2.45, 2.75) is 38.6 Å². The molecule has 0 radical (unpaired) electrons. The van der Waals surface area contributed by atoms with Gasteiger partial charge < -0.3 is 5.32 Å². The van der Waals surface area contributed by atoms with Crippen LogP contribution in [-0.4, -0.2) is 33.4 Å². The fourth-order valence-electron chi connectivity index (χ4n) is 3.11. The number of benzene rings is 2. The molecule has 2 rings (SSSR count). The summed E-state index contributed by atoms with van der Waals surface area (Å²) in [6.07, 6.45) is 3.03. The average Bonchev–Trinajstić information content (AvgIpc) is 2.61. The third-order valence-corrected chi connectivity index (χ3v) is 6.62. The van der Waals surface area contributed by atoms with Crippen LogP contribution in [0.15, 0.2) is 41.3 Å². The van der Waals surface area contributed by atoms with Crippen LogP contribution in [0.4, 0.5) is 5.69 Å². The van der Waals surface area contributed by atoms with Gasteiger partial charge in [-0.25, -0.2) is 8.42 Å². The van der Waals surface area contributed by atoms with E-state index < -0.39 is 10.0 Å². The number of nitrogens with zero attached hydrogens (tertiary/aromatic N) is 1. The van der Waals surface area contributed by atoms with E-state index in [4.69, 9.17) is 0 Å². The van der Waals surface area contributed by atoms with Crippen LogP contribution in [0.3, 0.4) is 0 Å². The first-order valence-corrected chi connectivity index (χ1v) is 12.1. The second kappa shape index (κ2) is 9.01. The van der Waals surface area contributed by atoms with Crippen LogP contribution in [0.2, 0.25) is 0 Å². The molecule has 0 saturated carbocycles. The molecule has 0 aliphatic heterocycles. The van der Waals surface area contributed by atoms with Gasteiger partial charge in [-0.2, -0.15) is 0 Å². The zero-order valence-electron chi connectivity index (χ0n) is 17.2. The van der Waals surface area contributed by atoms with E-state index in [1.54, 1.807) is 18.2 Å². The molecule has 0 fully saturated rings. The molecule has 5 nitrogen and oxygen atoms in total. The van der Waals surface area contributed by atoms with E-state index in [1.807, 2.05) is 33.1 Å². The summed E-state index contributed by atoms with van der Waals surface area (Å²) in [7, 11) is -3.60. The van der Waals surface area contributed by atoms with Crippen molar-refractivity contribution in [2.75, 3.05) is 23.4 Å². The Kier molecular flexibility index (Phi) is 7.17. The van der Waals surface area contributed by atoms with Crippen molar-refractivity contribution in [3.63, 3.8) is 0 Å². The van der Waals surface area contributed by atoms with Crippen molar-refractivity contribution >= 4 is 33.4 Å². The molecule has 7 heteroatoms. The monoisotopic (exact) mass is 420 g/mol. The van der Waals surface area contributed by atoms with Gasteiger partial charge in [0.2, 0.25) is 15.9 Å². The van der Waals surface area contributed by atoms with Crippen LogP contribution < -0.4 is 9.62 Å².